The molecule has 0 radical (unpaired) electrons. The minimum atomic E-state index is -3.80. The van der Waals surface area contributed by atoms with Gasteiger partial charge in [0, 0.05) is 17.1 Å². The predicted octanol–water partition coefficient (Wildman–Crippen LogP) is 1.91. The molecule has 0 aliphatic heterocycles. The van der Waals surface area contributed by atoms with Crippen LogP contribution in [-0.4, -0.2) is 33.0 Å². The zero-order chi connectivity index (χ0) is 17.1. The molecule has 1 amide bonds. The molecule has 0 saturated heterocycles. The number of amides is 1. The average molecular weight is 328 g/mol. The van der Waals surface area contributed by atoms with Crippen LogP contribution in [0.15, 0.2) is 23.1 Å². The zero-order valence-electron chi connectivity index (χ0n) is 13.9. The number of hydrogen-bond donors (Lipinski definition) is 2. The summed E-state index contributed by atoms with van der Waals surface area (Å²) in [7, 11) is -2.41. The van der Waals surface area contributed by atoms with Gasteiger partial charge in [0.25, 0.3) is 5.91 Å². The van der Waals surface area contributed by atoms with Crippen molar-refractivity contribution >= 4 is 15.9 Å². The molecular weight excluding hydrogens is 304 g/mol. The first-order valence-corrected chi connectivity index (χ1v) is 8.47. The molecule has 2 N–H and O–H groups in total. The normalized spacial score (nSPS) is 12.3. The number of methoxy groups -OCH3 is 1. The van der Waals surface area contributed by atoms with Crippen LogP contribution in [0.3, 0.4) is 0 Å². The summed E-state index contributed by atoms with van der Waals surface area (Å²) in [4.78, 5) is 12.0. The lowest BCUT2D eigenvalue weighted by Gasteiger charge is -2.21. The van der Waals surface area contributed by atoms with Crippen LogP contribution in [0, 0.1) is 0 Å². The molecule has 6 nitrogen and oxygen atoms in total. The van der Waals surface area contributed by atoms with E-state index in [1.54, 1.807) is 20.8 Å². The highest BCUT2D eigenvalue weighted by Gasteiger charge is 2.26. The van der Waals surface area contributed by atoms with E-state index in [-0.39, 0.29) is 28.2 Å². The van der Waals surface area contributed by atoms with E-state index in [1.165, 1.54) is 25.3 Å². The Morgan fingerprint density at radius 1 is 1.23 bits per heavy atom. The maximum Gasteiger partial charge on any atom is 0.251 e. The third-order valence-electron chi connectivity index (χ3n) is 2.58. The second kappa shape index (κ2) is 6.66. The van der Waals surface area contributed by atoms with Crippen LogP contribution in [0.25, 0.3) is 0 Å². The molecule has 22 heavy (non-hydrogen) atoms. The van der Waals surface area contributed by atoms with Gasteiger partial charge in [0.2, 0.25) is 10.0 Å². The van der Waals surface area contributed by atoms with E-state index < -0.39 is 15.6 Å². The molecule has 0 atom stereocenters. The molecule has 0 saturated carbocycles. The first-order chi connectivity index (χ1) is 9.96. The Labute approximate surface area is 132 Å². The smallest absolute Gasteiger partial charge is 0.251 e. The number of carbonyl (C=O) groups excluding carboxylic acids is 1. The second-order valence-electron chi connectivity index (χ2n) is 6.35. The summed E-state index contributed by atoms with van der Waals surface area (Å²) >= 11 is 0. The Balaban J connectivity index is 3.31. The van der Waals surface area contributed by atoms with E-state index in [0.717, 1.165) is 0 Å². The summed E-state index contributed by atoms with van der Waals surface area (Å²) in [5.41, 5.74) is -0.371. The van der Waals surface area contributed by atoms with Crippen molar-refractivity contribution in [3.63, 3.8) is 0 Å². The number of rotatable bonds is 5. The highest BCUT2D eigenvalue weighted by Crippen LogP contribution is 2.26. The molecule has 0 spiro atoms. The molecule has 7 heteroatoms. The van der Waals surface area contributed by atoms with E-state index in [4.69, 9.17) is 4.74 Å². The lowest BCUT2D eigenvalue weighted by atomic mass is 10.1. The quantitative estimate of drug-likeness (QED) is 0.865. The van der Waals surface area contributed by atoms with Gasteiger partial charge in [0.1, 0.15) is 10.6 Å². The summed E-state index contributed by atoms with van der Waals surface area (Å²) in [6.07, 6.45) is 0. The molecule has 1 aromatic carbocycles. The maximum atomic E-state index is 12.5. The van der Waals surface area contributed by atoms with Gasteiger partial charge in [0.15, 0.2) is 0 Å². The molecule has 0 aliphatic carbocycles. The Morgan fingerprint density at radius 3 is 2.27 bits per heavy atom. The van der Waals surface area contributed by atoms with Crippen molar-refractivity contribution in [2.45, 2.75) is 51.1 Å². The lowest BCUT2D eigenvalue weighted by Crippen LogP contribution is -2.40. The number of carbonyl (C=O) groups is 1. The summed E-state index contributed by atoms with van der Waals surface area (Å²) in [5.74, 6) is -0.136. The molecule has 124 valence electrons. The van der Waals surface area contributed by atoms with Crippen LogP contribution in [0.4, 0.5) is 0 Å². The summed E-state index contributed by atoms with van der Waals surface area (Å²) in [6, 6.07) is 4.30. The van der Waals surface area contributed by atoms with Crippen molar-refractivity contribution in [2.75, 3.05) is 7.11 Å². The monoisotopic (exact) mass is 328 g/mol. The number of ether oxygens (including phenoxy) is 1. The predicted molar refractivity (Wildman–Crippen MR) is 85.7 cm³/mol. The van der Waals surface area contributed by atoms with Crippen molar-refractivity contribution in [2.24, 2.45) is 0 Å². The molecule has 0 unspecified atom stereocenters. The van der Waals surface area contributed by atoms with Crippen molar-refractivity contribution in [1.82, 2.24) is 10.0 Å². The largest absolute Gasteiger partial charge is 0.495 e. The van der Waals surface area contributed by atoms with Crippen LogP contribution >= 0.6 is 0 Å². The van der Waals surface area contributed by atoms with E-state index in [0.29, 0.717) is 0 Å². The van der Waals surface area contributed by atoms with Crippen LogP contribution in [0.1, 0.15) is 45.0 Å². The van der Waals surface area contributed by atoms with E-state index >= 15 is 0 Å². The van der Waals surface area contributed by atoms with Gasteiger partial charge in [-0.15, -0.1) is 0 Å². The van der Waals surface area contributed by atoms with Crippen LogP contribution in [-0.2, 0) is 10.0 Å². The van der Waals surface area contributed by atoms with Gasteiger partial charge in [-0.3, -0.25) is 4.79 Å². The highest BCUT2D eigenvalue weighted by atomic mass is 32.2. The van der Waals surface area contributed by atoms with Gasteiger partial charge in [-0.25, -0.2) is 13.1 Å². The highest BCUT2D eigenvalue weighted by molar-refractivity contribution is 7.89. The van der Waals surface area contributed by atoms with Crippen molar-refractivity contribution in [3.05, 3.63) is 23.8 Å². The summed E-state index contributed by atoms with van der Waals surface area (Å²) in [5, 5.41) is 2.73. The first-order valence-electron chi connectivity index (χ1n) is 6.99. The van der Waals surface area contributed by atoms with Gasteiger partial charge in [-0.2, -0.15) is 0 Å². The van der Waals surface area contributed by atoms with Gasteiger partial charge in [-0.1, -0.05) is 0 Å². The third-order valence-corrected chi connectivity index (χ3v) is 4.35. The number of hydrogen-bond acceptors (Lipinski definition) is 4. The van der Waals surface area contributed by atoms with Gasteiger partial charge in [0.05, 0.1) is 7.11 Å². The number of benzene rings is 1. The summed E-state index contributed by atoms with van der Waals surface area (Å²) in [6.45, 7) is 8.89. The standard InChI is InChI=1S/C15H24N2O4S/c1-10(2)16-14(18)11-7-8-12(21-6)13(9-11)22(19,20)17-15(3,4)5/h7-10,17H,1-6H3,(H,16,18). The van der Waals surface area contributed by atoms with E-state index in [2.05, 4.69) is 10.0 Å². The topological polar surface area (TPSA) is 84.5 Å². The van der Waals surface area contributed by atoms with E-state index in [1.807, 2.05) is 13.8 Å². The third kappa shape index (κ3) is 4.99. The Bertz CT molecular complexity index is 646. The Morgan fingerprint density at radius 2 is 1.82 bits per heavy atom. The Hall–Kier alpha value is -1.60. The fourth-order valence-electron chi connectivity index (χ4n) is 1.83. The number of nitrogens with one attached hydrogen (secondary N) is 2. The second-order valence-corrected chi connectivity index (χ2v) is 8.00. The molecule has 0 heterocycles. The SMILES string of the molecule is COc1ccc(C(=O)NC(C)C)cc1S(=O)(=O)NC(C)(C)C. The van der Waals surface area contributed by atoms with Crippen molar-refractivity contribution in [3.8, 4) is 5.75 Å². The van der Waals surface area contributed by atoms with Crippen LogP contribution in [0.5, 0.6) is 5.75 Å². The minimum Gasteiger partial charge on any atom is -0.495 e. The fraction of sp³-hybridized carbons (Fsp3) is 0.533. The minimum absolute atomic E-state index is 0.0395. The van der Waals surface area contributed by atoms with Crippen LogP contribution in [0.2, 0.25) is 0 Å². The first kappa shape index (κ1) is 18.4. The molecule has 0 fully saturated rings. The fourth-order valence-corrected chi connectivity index (χ4v) is 3.45. The number of sulfonamides is 1. The molecule has 0 aromatic heterocycles. The lowest BCUT2D eigenvalue weighted by molar-refractivity contribution is 0.0943. The molecular formula is C15H24N2O4S. The van der Waals surface area contributed by atoms with Gasteiger partial charge < -0.3 is 10.1 Å². The van der Waals surface area contributed by atoms with Crippen molar-refractivity contribution in [1.29, 1.82) is 0 Å². The van der Waals surface area contributed by atoms with Gasteiger partial charge in [-0.05, 0) is 52.8 Å². The molecule has 0 bridgehead atoms. The summed E-state index contributed by atoms with van der Waals surface area (Å²) < 4.78 is 32.7. The zero-order valence-corrected chi connectivity index (χ0v) is 14.7. The average Bonchev–Trinajstić information content (AvgIpc) is 2.34. The molecule has 0 aliphatic rings. The molecule has 1 aromatic rings. The molecule has 1 rings (SSSR count). The maximum absolute atomic E-state index is 12.5. The van der Waals surface area contributed by atoms with Gasteiger partial charge >= 0.3 is 0 Å². The van der Waals surface area contributed by atoms with Crippen LogP contribution < -0.4 is 14.8 Å². The Kier molecular flexibility index (Phi) is 5.59. The van der Waals surface area contributed by atoms with Crippen molar-refractivity contribution < 1.29 is 17.9 Å². The van der Waals surface area contributed by atoms with E-state index in [9.17, 15) is 13.2 Å².